The van der Waals surface area contributed by atoms with Crippen LogP contribution in [0.2, 0.25) is 0 Å². The van der Waals surface area contributed by atoms with Gasteiger partial charge in [0.05, 0.1) is 18.3 Å². The number of carbonyl (C=O) groups is 2. The van der Waals surface area contributed by atoms with Gasteiger partial charge in [-0.3, -0.25) is 0 Å². The summed E-state index contributed by atoms with van der Waals surface area (Å²) in [5.74, 6) is -0.529. The monoisotopic (exact) mass is 322 g/mol. The van der Waals surface area contributed by atoms with Gasteiger partial charge in [-0.05, 0) is 20.8 Å². The third-order valence-electron chi connectivity index (χ3n) is 2.07. The number of esters is 1. The Morgan fingerprint density at radius 3 is 2.55 bits per heavy atom. The second-order valence-corrected chi connectivity index (χ2v) is 5.62. The van der Waals surface area contributed by atoms with Crippen LogP contribution in [-0.2, 0) is 20.7 Å². The maximum atomic E-state index is 11.7. The van der Waals surface area contributed by atoms with Crippen molar-refractivity contribution in [1.29, 1.82) is 0 Å². The number of nitrogens with zero attached hydrogens (tertiary/aromatic N) is 1. The van der Waals surface area contributed by atoms with Gasteiger partial charge in [0.25, 0.3) is 0 Å². The van der Waals surface area contributed by atoms with Crippen molar-refractivity contribution in [3.05, 3.63) is 16.6 Å². The summed E-state index contributed by atoms with van der Waals surface area (Å²) in [6, 6.07) is -0.804. The highest BCUT2D eigenvalue weighted by atomic mass is 35.5. The molecule has 1 aromatic rings. The molecule has 1 heterocycles. The zero-order valence-electron chi connectivity index (χ0n) is 11.8. The number of hydrogen-bond acceptors (Lipinski definition) is 6. The van der Waals surface area contributed by atoms with Crippen LogP contribution in [0.1, 0.15) is 26.5 Å². The first-order valence-corrected chi connectivity index (χ1v) is 6.70. The Kier molecular flexibility index (Phi) is 7.52. The lowest BCUT2D eigenvalue weighted by atomic mass is 10.1. The molecule has 6 nitrogen and oxygen atoms in total. The lowest BCUT2D eigenvalue weighted by Gasteiger charge is -2.22. The lowest BCUT2D eigenvalue weighted by molar-refractivity contribution is -0.143. The number of carbonyl (C=O) groups excluding carboxylic acids is 2. The predicted octanol–water partition coefficient (Wildman–Crippen LogP) is 2.17. The molecule has 1 N–H and O–H groups in total. The van der Waals surface area contributed by atoms with Gasteiger partial charge in [0.1, 0.15) is 11.6 Å². The second-order valence-electron chi connectivity index (χ2n) is 4.91. The summed E-state index contributed by atoms with van der Waals surface area (Å²) >= 11 is 1.42. The molecule has 114 valence electrons. The fourth-order valence-corrected chi connectivity index (χ4v) is 1.90. The van der Waals surface area contributed by atoms with Gasteiger partial charge in [-0.2, -0.15) is 0 Å². The molecule has 0 aromatic carbocycles. The van der Waals surface area contributed by atoms with Crippen molar-refractivity contribution in [2.24, 2.45) is 0 Å². The van der Waals surface area contributed by atoms with Crippen LogP contribution in [0.3, 0.4) is 0 Å². The van der Waals surface area contributed by atoms with Crippen LogP contribution in [0.25, 0.3) is 0 Å². The molecule has 20 heavy (non-hydrogen) atoms. The molecule has 0 bridgehead atoms. The molecule has 1 atom stereocenters. The van der Waals surface area contributed by atoms with Crippen molar-refractivity contribution < 1.29 is 19.1 Å². The average Bonchev–Trinajstić information content (AvgIpc) is 2.77. The molecule has 8 heteroatoms. The first-order valence-electron chi connectivity index (χ1n) is 5.76. The van der Waals surface area contributed by atoms with Gasteiger partial charge >= 0.3 is 12.1 Å². The van der Waals surface area contributed by atoms with E-state index in [0.29, 0.717) is 0 Å². The predicted molar refractivity (Wildman–Crippen MR) is 78.2 cm³/mol. The number of hydrogen-bond donors (Lipinski definition) is 1. The van der Waals surface area contributed by atoms with Gasteiger partial charge in [-0.15, -0.1) is 23.7 Å². The first-order chi connectivity index (χ1) is 8.81. The van der Waals surface area contributed by atoms with E-state index >= 15 is 0 Å². The van der Waals surface area contributed by atoms with Gasteiger partial charge in [0.2, 0.25) is 0 Å². The fraction of sp³-hybridized carbons (Fsp3) is 0.583. The highest BCUT2D eigenvalue weighted by Gasteiger charge is 2.25. The summed E-state index contributed by atoms with van der Waals surface area (Å²) in [7, 11) is 1.27. The van der Waals surface area contributed by atoms with Crippen LogP contribution in [0.5, 0.6) is 0 Å². The molecule has 0 radical (unpaired) electrons. The molecular weight excluding hydrogens is 304 g/mol. The Morgan fingerprint density at radius 2 is 2.10 bits per heavy atom. The normalized spacial score (nSPS) is 12.0. The Hall–Kier alpha value is -1.34. The molecule has 0 spiro atoms. The minimum atomic E-state index is -0.804. The van der Waals surface area contributed by atoms with E-state index in [1.807, 2.05) is 5.38 Å². The van der Waals surface area contributed by atoms with Crippen LogP contribution in [0, 0.1) is 0 Å². The minimum Gasteiger partial charge on any atom is -0.467 e. The summed E-state index contributed by atoms with van der Waals surface area (Å²) < 4.78 is 9.76. The molecule has 1 amide bonds. The van der Waals surface area contributed by atoms with Crippen molar-refractivity contribution in [2.75, 3.05) is 7.11 Å². The molecule has 0 unspecified atom stereocenters. The van der Waals surface area contributed by atoms with E-state index in [1.165, 1.54) is 18.4 Å². The van der Waals surface area contributed by atoms with E-state index in [1.54, 1.807) is 26.3 Å². The van der Waals surface area contributed by atoms with Gasteiger partial charge in [-0.1, -0.05) is 0 Å². The van der Waals surface area contributed by atoms with Gasteiger partial charge < -0.3 is 14.8 Å². The molecule has 1 rings (SSSR count). The van der Waals surface area contributed by atoms with E-state index < -0.39 is 23.7 Å². The Morgan fingerprint density at radius 1 is 1.45 bits per heavy atom. The first kappa shape index (κ1) is 18.7. The summed E-state index contributed by atoms with van der Waals surface area (Å²) in [5.41, 5.74) is 1.76. The Balaban J connectivity index is 0.00000361. The summed E-state index contributed by atoms with van der Waals surface area (Å²) in [5, 5.41) is 4.30. The zero-order valence-corrected chi connectivity index (χ0v) is 13.5. The van der Waals surface area contributed by atoms with Crippen molar-refractivity contribution in [1.82, 2.24) is 10.3 Å². The number of ether oxygens (including phenoxy) is 2. The summed E-state index contributed by atoms with van der Waals surface area (Å²) in [4.78, 5) is 27.4. The van der Waals surface area contributed by atoms with Gasteiger partial charge in [-0.25, -0.2) is 14.6 Å². The highest BCUT2D eigenvalue weighted by molar-refractivity contribution is 7.07. The van der Waals surface area contributed by atoms with Crippen molar-refractivity contribution in [3.8, 4) is 0 Å². The molecule has 0 saturated carbocycles. The number of nitrogens with one attached hydrogen (secondary N) is 1. The van der Waals surface area contributed by atoms with Crippen LogP contribution in [-0.4, -0.2) is 35.8 Å². The van der Waals surface area contributed by atoms with Crippen molar-refractivity contribution >= 4 is 35.8 Å². The molecular formula is C12H19ClN2O4S. The number of alkyl carbamates (subject to hydrolysis) is 1. The highest BCUT2D eigenvalue weighted by Crippen LogP contribution is 2.09. The third kappa shape index (κ3) is 6.72. The second kappa shape index (κ2) is 8.06. The maximum absolute atomic E-state index is 11.7. The van der Waals surface area contributed by atoms with E-state index in [0.717, 1.165) is 5.69 Å². The maximum Gasteiger partial charge on any atom is 0.408 e. The minimum absolute atomic E-state index is 0. The lowest BCUT2D eigenvalue weighted by Crippen LogP contribution is -2.45. The topological polar surface area (TPSA) is 77.5 Å². The number of rotatable bonds is 4. The zero-order chi connectivity index (χ0) is 14.5. The molecule has 1 aromatic heterocycles. The smallest absolute Gasteiger partial charge is 0.408 e. The van der Waals surface area contributed by atoms with E-state index in [2.05, 4.69) is 15.0 Å². The van der Waals surface area contributed by atoms with Crippen LogP contribution >= 0.6 is 23.7 Å². The Labute approximate surface area is 128 Å². The average molecular weight is 323 g/mol. The number of aromatic nitrogens is 1. The molecule has 0 saturated heterocycles. The van der Waals surface area contributed by atoms with Crippen molar-refractivity contribution in [3.63, 3.8) is 0 Å². The largest absolute Gasteiger partial charge is 0.467 e. The number of methoxy groups -OCH3 is 1. The van der Waals surface area contributed by atoms with Crippen molar-refractivity contribution in [2.45, 2.75) is 38.8 Å². The third-order valence-corrected chi connectivity index (χ3v) is 2.71. The van der Waals surface area contributed by atoms with Crippen LogP contribution < -0.4 is 5.32 Å². The molecule has 0 aliphatic heterocycles. The van der Waals surface area contributed by atoms with Gasteiger partial charge in [0.15, 0.2) is 0 Å². The van der Waals surface area contributed by atoms with Crippen LogP contribution in [0.15, 0.2) is 10.9 Å². The molecule has 0 aliphatic carbocycles. The molecule has 0 aliphatic rings. The molecule has 0 fully saturated rings. The summed E-state index contributed by atoms with van der Waals surface area (Å²) in [6.45, 7) is 5.25. The fourth-order valence-electron chi connectivity index (χ4n) is 1.33. The Bertz CT molecular complexity index is 431. The van der Waals surface area contributed by atoms with Crippen LogP contribution in [0.4, 0.5) is 4.79 Å². The van der Waals surface area contributed by atoms with E-state index in [4.69, 9.17) is 4.74 Å². The standard InChI is InChI=1S/C12H18N2O4S.ClH/c1-12(2,3)18-11(16)14-9(10(15)17-4)5-8-6-19-7-13-8;/h6-7,9H,5H2,1-4H3,(H,14,16);1H/t9-;/m1./s1. The number of amides is 1. The summed E-state index contributed by atoms with van der Waals surface area (Å²) in [6.07, 6.45) is -0.381. The van der Waals surface area contributed by atoms with E-state index in [-0.39, 0.29) is 18.8 Å². The SMILES string of the molecule is COC(=O)[C@@H](Cc1cscn1)NC(=O)OC(C)(C)C.Cl. The van der Waals surface area contributed by atoms with Gasteiger partial charge in [0, 0.05) is 11.8 Å². The number of halogens is 1. The quantitative estimate of drug-likeness (QED) is 0.860. The van der Waals surface area contributed by atoms with E-state index in [9.17, 15) is 9.59 Å². The number of thiazole rings is 1.